The lowest BCUT2D eigenvalue weighted by Crippen LogP contribution is -2.33. The highest BCUT2D eigenvalue weighted by Crippen LogP contribution is 2.19. The molecule has 2 aromatic rings. The molecule has 0 unspecified atom stereocenters. The molecular weight excluding hydrogens is 328 g/mol. The molecule has 0 spiro atoms. The number of benzene rings is 1. The molecule has 7 heteroatoms. The van der Waals surface area contributed by atoms with Crippen LogP contribution in [0.4, 0.5) is 0 Å². The number of nitrogens with zero attached hydrogens (tertiary/aromatic N) is 2. The van der Waals surface area contributed by atoms with E-state index in [1.54, 1.807) is 6.92 Å². The molecule has 2 rings (SSSR count). The number of esters is 1. The second-order valence-corrected chi connectivity index (χ2v) is 7.54. The third-order valence-electron chi connectivity index (χ3n) is 3.51. The number of hydrogen-bond acceptors (Lipinski definition) is 5. The SMILES string of the molecule is Cc1cccc([C@@H](C)OC(=O)CN(C)S(=O)(=O)c2cccnc2)c1. The number of pyridine rings is 1. The molecule has 128 valence electrons. The van der Waals surface area contributed by atoms with Crippen molar-refractivity contribution in [2.75, 3.05) is 13.6 Å². The molecule has 1 heterocycles. The van der Waals surface area contributed by atoms with Crippen LogP contribution in [0.5, 0.6) is 0 Å². The zero-order chi connectivity index (χ0) is 17.7. The van der Waals surface area contributed by atoms with Crippen LogP contribution in [0, 0.1) is 6.92 Å². The van der Waals surface area contributed by atoms with E-state index in [0.29, 0.717) is 0 Å². The number of rotatable bonds is 6. The van der Waals surface area contributed by atoms with Crippen molar-refractivity contribution in [3.8, 4) is 0 Å². The van der Waals surface area contributed by atoms with E-state index in [1.807, 2.05) is 31.2 Å². The quantitative estimate of drug-likeness (QED) is 0.749. The van der Waals surface area contributed by atoms with Crippen molar-refractivity contribution in [2.24, 2.45) is 0 Å². The molecule has 0 fully saturated rings. The van der Waals surface area contributed by atoms with E-state index in [-0.39, 0.29) is 11.4 Å². The molecule has 0 aliphatic carbocycles. The van der Waals surface area contributed by atoms with Crippen molar-refractivity contribution >= 4 is 16.0 Å². The van der Waals surface area contributed by atoms with Gasteiger partial charge >= 0.3 is 5.97 Å². The summed E-state index contributed by atoms with van der Waals surface area (Å²) in [5.74, 6) is -0.612. The number of sulfonamides is 1. The Morgan fingerprint density at radius 3 is 2.67 bits per heavy atom. The van der Waals surface area contributed by atoms with Gasteiger partial charge in [-0.1, -0.05) is 29.8 Å². The Morgan fingerprint density at radius 1 is 1.29 bits per heavy atom. The van der Waals surface area contributed by atoms with Gasteiger partial charge in [0.1, 0.15) is 17.5 Å². The lowest BCUT2D eigenvalue weighted by atomic mass is 10.1. The molecule has 6 nitrogen and oxygen atoms in total. The minimum Gasteiger partial charge on any atom is -0.457 e. The van der Waals surface area contributed by atoms with E-state index in [1.165, 1.54) is 31.6 Å². The lowest BCUT2D eigenvalue weighted by Gasteiger charge is -2.19. The topological polar surface area (TPSA) is 76.6 Å². The summed E-state index contributed by atoms with van der Waals surface area (Å²) in [5, 5.41) is 0. The zero-order valence-corrected chi connectivity index (χ0v) is 14.7. The third kappa shape index (κ3) is 4.39. The van der Waals surface area contributed by atoms with Gasteiger partial charge in [-0.2, -0.15) is 4.31 Å². The first kappa shape index (κ1) is 18.1. The van der Waals surface area contributed by atoms with Crippen molar-refractivity contribution in [3.63, 3.8) is 0 Å². The maximum Gasteiger partial charge on any atom is 0.321 e. The summed E-state index contributed by atoms with van der Waals surface area (Å²) < 4.78 is 31.0. The fourth-order valence-electron chi connectivity index (χ4n) is 2.17. The van der Waals surface area contributed by atoms with Gasteiger partial charge < -0.3 is 4.74 Å². The normalized spacial score (nSPS) is 12.8. The number of carbonyl (C=O) groups is 1. The van der Waals surface area contributed by atoms with Gasteiger partial charge in [0, 0.05) is 19.4 Å². The minimum absolute atomic E-state index is 0.0343. The molecular formula is C17H20N2O4S. The smallest absolute Gasteiger partial charge is 0.321 e. The predicted octanol–water partition coefficient (Wildman–Crippen LogP) is 2.31. The molecule has 0 saturated carbocycles. The molecule has 0 amide bonds. The maximum absolute atomic E-state index is 12.3. The first-order valence-electron chi connectivity index (χ1n) is 7.43. The summed E-state index contributed by atoms with van der Waals surface area (Å²) in [6.07, 6.45) is 2.27. The minimum atomic E-state index is -3.77. The van der Waals surface area contributed by atoms with E-state index in [9.17, 15) is 13.2 Å². The Kier molecular flexibility index (Phi) is 5.69. The van der Waals surface area contributed by atoms with Crippen molar-refractivity contribution in [3.05, 3.63) is 59.9 Å². The fraction of sp³-hybridized carbons (Fsp3) is 0.294. The summed E-state index contributed by atoms with van der Waals surface area (Å²) in [6, 6.07) is 10.6. The summed E-state index contributed by atoms with van der Waals surface area (Å²) in [4.78, 5) is 15.9. The second-order valence-electron chi connectivity index (χ2n) is 5.50. The van der Waals surface area contributed by atoms with Crippen LogP contribution in [0.3, 0.4) is 0 Å². The van der Waals surface area contributed by atoms with Gasteiger partial charge in [0.15, 0.2) is 0 Å². The van der Waals surface area contributed by atoms with Crippen LogP contribution in [0.25, 0.3) is 0 Å². The van der Waals surface area contributed by atoms with E-state index < -0.39 is 22.1 Å². The van der Waals surface area contributed by atoms with Gasteiger partial charge in [0.2, 0.25) is 10.0 Å². The summed E-state index contributed by atoms with van der Waals surface area (Å²) >= 11 is 0. The zero-order valence-electron chi connectivity index (χ0n) is 13.8. The van der Waals surface area contributed by atoms with Crippen molar-refractivity contribution in [1.29, 1.82) is 0 Å². The number of aromatic nitrogens is 1. The van der Waals surface area contributed by atoms with Crippen LogP contribution in [-0.4, -0.2) is 37.3 Å². The molecule has 0 aliphatic heterocycles. The van der Waals surface area contributed by atoms with E-state index >= 15 is 0 Å². The van der Waals surface area contributed by atoms with Crippen LogP contribution >= 0.6 is 0 Å². The number of carbonyl (C=O) groups excluding carboxylic acids is 1. The molecule has 1 atom stereocenters. The number of likely N-dealkylation sites (N-methyl/N-ethyl adjacent to an activating group) is 1. The highest BCUT2D eigenvalue weighted by atomic mass is 32.2. The van der Waals surface area contributed by atoms with Crippen LogP contribution in [0.1, 0.15) is 24.2 Å². The fourth-order valence-corrected chi connectivity index (χ4v) is 3.25. The van der Waals surface area contributed by atoms with E-state index in [0.717, 1.165) is 15.4 Å². The lowest BCUT2D eigenvalue weighted by molar-refractivity contribution is -0.148. The van der Waals surface area contributed by atoms with Gasteiger partial charge in [-0.25, -0.2) is 8.42 Å². The largest absolute Gasteiger partial charge is 0.457 e. The first-order valence-corrected chi connectivity index (χ1v) is 8.87. The molecule has 0 radical (unpaired) electrons. The highest BCUT2D eigenvalue weighted by molar-refractivity contribution is 7.89. The maximum atomic E-state index is 12.3. The third-order valence-corrected chi connectivity index (χ3v) is 5.30. The van der Waals surface area contributed by atoms with Crippen molar-refractivity contribution < 1.29 is 17.9 Å². The van der Waals surface area contributed by atoms with E-state index in [2.05, 4.69) is 4.98 Å². The van der Waals surface area contributed by atoms with Crippen LogP contribution in [0.2, 0.25) is 0 Å². The highest BCUT2D eigenvalue weighted by Gasteiger charge is 2.24. The number of hydrogen-bond donors (Lipinski definition) is 0. The van der Waals surface area contributed by atoms with Gasteiger partial charge in [-0.3, -0.25) is 9.78 Å². The predicted molar refractivity (Wildman–Crippen MR) is 89.7 cm³/mol. The Hall–Kier alpha value is -2.25. The first-order chi connectivity index (χ1) is 11.3. The molecule has 0 saturated heterocycles. The Morgan fingerprint density at radius 2 is 2.04 bits per heavy atom. The van der Waals surface area contributed by atoms with Gasteiger partial charge in [-0.05, 0) is 31.5 Å². The summed E-state index contributed by atoms with van der Waals surface area (Å²) in [7, 11) is -2.44. The van der Waals surface area contributed by atoms with Gasteiger partial charge in [0.25, 0.3) is 0 Å². The molecule has 1 aromatic carbocycles. The second kappa shape index (κ2) is 7.55. The Balaban J connectivity index is 2.01. The molecule has 0 N–H and O–H groups in total. The number of ether oxygens (including phenoxy) is 1. The summed E-state index contributed by atoms with van der Waals surface area (Å²) in [6.45, 7) is 3.34. The molecule has 0 aliphatic rings. The standard InChI is InChI=1S/C17H20N2O4S/c1-13-6-4-7-15(10-13)14(2)23-17(20)12-19(3)24(21,22)16-8-5-9-18-11-16/h4-11,14H,12H2,1-3H3/t14-/m1/s1. The average molecular weight is 348 g/mol. The van der Waals surface area contributed by atoms with Gasteiger partial charge in [-0.15, -0.1) is 0 Å². The number of aryl methyl sites for hydroxylation is 1. The van der Waals surface area contributed by atoms with Gasteiger partial charge in [0.05, 0.1) is 0 Å². The summed E-state index contributed by atoms with van der Waals surface area (Å²) in [5.41, 5.74) is 1.92. The Bertz CT molecular complexity index is 806. The Labute approximate surface area is 142 Å². The van der Waals surface area contributed by atoms with Crippen LogP contribution in [0.15, 0.2) is 53.7 Å². The molecule has 1 aromatic heterocycles. The van der Waals surface area contributed by atoms with Crippen molar-refractivity contribution in [1.82, 2.24) is 9.29 Å². The van der Waals surface area contributed by atoms with E-state index in [4.69, 9.17) is 4.74 Å². The average Bonchev–Trinajstić information content (AvgIpc) is 2.55. The monoisotopic (exact) mass is 348 g/mol. The van der Waals surface area contributed by atoms with Crippen LogP contribution < -0.4 is 0 Å². The van der Waals surface area contributed by atoms with Crippen LogP contribution in [-0.2, 0) is 19.6 Å². The molecule has 0 bridgehead atoms. The molecule has 24 heavy (non-hydrogen) atoms. The van der Waals surface area contributed by atoms with Crippen molar-refractivity contribution in [2.45, 2.75) is 24.8 Å².